The van der Waals surface area contributed by atoms with Gasteiger partial charge in [0.05, 0.1) is 11.4 Å². The highest BCUT2D eigenvalue weighted by atomic mass is 15.1. The van der Waals surface area contributed by atoms with Gasteiger partial charge in [-0.1, -0.05) is 103 Å². The van der Waals surface area contributed by atoms with Gasteiger partial charge in [0.1, 0.15) is 0 Å². The molecule has 37 heavy (non-hydrogen) atoms. The molecule has 0 saturated carbocycles. The van der Waals surface area contributed by atoms with Crippen molar-refractivity contribution in [2.75, 3.05) is 4.90 Å². The average Bonchev–Trinajstić information content (AvgIpc) is 3.00. The zero-order valence-electron chi connectivity index (χ0n) is 20.3. The molecule has 0 aliphatic rings. The van der Waals surface area contributed by atoms with Crippen LogP contribution in [0.3, 0.4) is 0 Å². The number of aromatic nitrogens is 2. The molecule has 0 amide bonds. The third kappa shape index (κ3) is 4.75. The van der Waals surface area contributed by atoms with E-state index < -0.39 is 0 Å². The second-order valence-corrected chi connectivity index (χ2v) is 8.75. The fourth-order valence-corrected chi connectivity index (χ4v) is 4.58. The van der Waals surface area contributed by atoms with Crippen molar-refractivity contribution < 1.29 is 0 Å². The number of benzene rings is 5. The van der Waals surface area contributed by atoms with Gasteiger partial charge in [-0.05, 0) is 47.5 Å². The van der Waals surface area contributed by atoms with E-state index in [-0.39, 0.29) is 0 Å². The summed E-state index contributed by atoms with van der Waals surface area (Å²) in [4.78, 5) is 11.6. The van der Waals surface area contributed by atoms with E-state index >= 15 is 0 Å². The molecule has 6 aromatic rings. The summed E-state index contributed by atoms with van der Waals surface area (Å²) in [5.41, 5.74) is 9.53. The van der Waals surface area contributed by atoms with Crippen LogP contribution in [-0.2, 0) is 0 Å². The van der Waals surface area contributed by atoms with Crippen LogP contribution in [0.4, 0.5) is 17.1 Å². The van der Waals surface area contributed by atoms with Crippen LogP contribution in [0.15, 0.2) is 152 Å². The number of anilines is 3. The summed E-state index contributed by atoms with van der Waals surface area (Å²) in [6.07, 6.45) is 3.50. The average molecular weight is 476 g/mol. The van der Waals surface area contributed by atoms with Crippen molar-refractivity contribution in [3.63, 3.8) is 0 Å². The first-order valence-electron chi connectivity index (χ1n) is 12.3. The van der Waals surface area contributed by atoms with Gasteiger partial charge in [0.15, 0.2) is 0 Å². The molecule has 5 aromatic carbocycles. The lowest BCUT2D eigenvalue weighted by Crippen LogP contribution is -2.09. The third-order valence-electron chi connectivity index (χ3n) is 6.39. The molecule has 0 fully saturated rings. The molecule has 3 nitrogen and oxygen atoms in total. The molecule has 0 atom stereocenters. The van der Waals surface area contributed by atoms with Crippen LogP contribution in [-0.4, -0.2) is 9.97 Å². The summed E-state index contributed by atoms with van der Waals surface area (Å²) in [6, 6.07) is 48.4. The van der Waals surface area contributed by atoms with Gasteiger partial charge in [-0.15, -0.1) is 0 Å². The maximum atomic E-state index is 4.68. The van der Waals surface area contributed by atoms with Crippen molar-refractivity contribution in [3.8, 4) is 33.6 Å². The molecule has 3 heteroatoms. The smallest absolute Gasteiger partial charge is 0.0965 e. The van der Waals surface area contributed by atoms with Gasteiger partial charge in [0.25, 0.3) is 0 Å². The monoisotopic (exact) mass is 475 g/mol. The minimum absolute atomic E-state index is 0.874. The highest BCUT2D eigenvalue weighted by Gasteiger charge is 2.14. The maximum absolute atomic E-state index is 4.68. The Bertz CT molecular complexity index is 1580. The van der Waals surface area contributed by atoms with E-state index in [0.29, 0.717) is 0 Å². The summed E-state index contributed by atoms with van der Waals surface area (Å²) >= 11 is 0. The minimum Gasteiger partial charge on any atom is -0.311 e. The SMILES string of the molecule is c1ccc(-c2ccc(N(c3ccccc3)c3ccc(-c4nccnc4-c4ccccc4)cc3)cc2)cc1. The highest BCUT2D eigenvalue weighted by Crippen LogP contribution is 2.37. The van der Waals surface area contributed by atoms with E-state index in [1.54, 1.807) is 12.4 Å². The van der Waals surface area contributed by atoms with Crippen molar-refractivity contribution in [1.29, 1.82) is 0 Å². The highest BCUT2D eigenvalue weighted by molar-refractivity contribution is 5.82. The molecule has 0 aliphatic carbocycles. The normalized spacial score (nSPS) is 10.7. The molecule has 0 bridgehead atoms. The lowest BCUT2D eigenvalue weighted by molar-refractivity contribution is 1.21. The van der Waals surface area contributed by atoms with Crippen LogP contribution in [0.1, 0.15) is 0 Å². The fraction of sp³-hybridized carbons (Fsp3) is 0. The van der Waals surface area contributed by atoms with Crippen LogP contribution in [0.2, 0.25) is 0 Å². The first kappa shape index (κ1) is 22.4. The molecule has 0 aliphatic heterocycles. The molecule has 1 heterocycles. The Hall–Kier alpha value is -5.02. The van der Waals surface area contributed by atoms with Crippen LogP contribution >= 0.6 is 0 Å². The zero-order chi connectivity index (χ0) is 24.9. The minimum atomic E-state index is 0.874. The van der Waals surface area contributed by atoms with Gasteiger partial charge < -0.3 is 4.90 Å². The molecule has 6 rings (SSSR count). The predicted octanol–water partition coefficient (Wildman–Crippen LogP) is 8.95. The Morgan fingerprint density at radius 3 is 1.19 bits per heavy atom. The zero-order valence-corrected chi connectivity index (χ0v) is 20.3. The predicted molar refractivity (Wildman–Crippen MR) is 153 cm³/mol. The summed E-state index contributed by atoms with van der Waals surface area (Å²) in [5.74, 6) is 0. The second kappa shape index (κ2) is 10.3. The van der Waals surface area contributed by atoms with E-state index in [4.69, 9.17) is 0 Å². The Morgan fingerprint density at radius 1 is 0.324 bits per heavy atom. The summed E-state index contributed by atoms with van der Waals surface area (Å²) in [7, 11) is 0. The first-order valence-corrected chi connectivity index (χ1v) is 12.3. The lowest BCUT2D eigenvalue weighted by atomic mass is 10.0. The summed E-state index contributed by atoms with van der Waals surface area (Å²) in [5, 5.41) is 0. The molecule has 1 aromatic heterocycles. The van der Waals surface area contributed by atoms with Crippen LogP contribution in [0, 0.1) is 0 Å². The van der Waals surface area contributed by atoms with E-state index in [9.17, 15) is 0 Å². The molecule has 0 N–H and O–H groups in total. The number of rotatable bonds is 6. The van der Waals surface area contributed by atoms with Crippen molar-refractivity contribution in [2.24, 2.45) is 0 Å². The molecule has 176 valence electrons. The van der Waals surface area contributed by atoms with Gasteiger partial charge in [-0.3, -0.25) is 9.97 Å². The van der Waals surface area contributed by atoms with E-state index in [2.05, 4.69) is 124 Å². The van der Waals surface area contributed by atoms with Gasteiger partial charge >= 0.3 is 0 Å². The molecule has 0 radical (unpaired) electrons. The van der Waals surface area contributed by atoms with Crippen LogP contribution in [0.25, 0.3) is 33.6 Å². The Balaban J connectivity index is 1.38. The maximum Gasteiger partial charge on any atom is 0.0965 e. The quantitative estimate of drug-likeness (QED) is 0.241. The van der Waals surface area contributed by atoms with E-state index in [1.807, 2.05) is 30.3 Å². The second-order valence-electron chi connectivity index (χ2n) is 8.75. The molecule has 0 saturated heterocycles. The Kier molecular flexibility index (Phi) is 6.25. The molecule has 0 unspecified atom stereocenters. The number of para-hydroxylation sites is 1. The molecular formula is C34H25N3. The number of hydrogen-bond acceptors (Lipinski definition) is 3. The Labute approximate surface area is 217 Å². The largest absolute Gasteiger partial charge is 0.311 e. The van der Waals surface area contributed by atoms with Gasteiger partial charge in [-0.2, -0.15) is 0 Å². The lowest BCUT2D eigenvalue weighted by Gasteiger charge is -2.26. The van der Waals surface area contributed by atoms with Gasteiger partial charge in [0, 0.05) is 40.6 Å². The standard InChI is InChI=1S/C34H25N3/c1-4-10-26(11-5-1)27-16-20-31(21-17-27)37(30-14-8-3-9-15-30)32-22-18-29(19-23-32)34-33(35-24-25-36-34)28-12-6-2-7-13-28/h1-25H. The van der Waals surface area contributed by atoms with Crippen molar-refractivity contribution >= 4 is 17.1 Å². The van der Waals surface area contributed by atoms with Crippen molar-refractivity contribution in [3.05, 3.63) is 152 Å². The number of nitrogens with zero attached hydrogens (tertiary/aromatic N) is 3. The Morgan fingerprint density at radius 2 is 0.676 bits per heavy atom. The number of hydrogen-bond donors (Lipinski definition) is 0. The summed E-state index contributed by atoms with van der Waals surface area (Å²) < 4.78 is 0. The first-order chi connectivity index (χ1) is 18.4. The van der Waals surface area contributed by atoms with Gasteiger partial charge in [0.2, 0.25) is 0 Å². The fourth-order valence-electron chi connectivity index (χ4n) is 4.58. The van der Waals surface area contributed by atoms with E-state index in [1.165, 1.54) is 11.1 Å². The van der Waals surface area contributed by atoms with Gasteiger partial charge in [-0.25, -0.2) is 0 Å². The third-order valence-corrected chi connectivity index (χ3v) is 6.39. The topological polar surface area (TPSA) is 29.0 Å². The van der Waals surface area contributed by atoms with Crippen molar-refractivity contribution in [1.82, 2.24) is 9.97 Å². The van der Waals surface area contributed by atoms with Crippen LogP contribution < -0.4 is 4.90 Å². The molecule has 0 spiro atoms. The molecular weight excluding hydrogens is 450 g/mol. The van der Waals surface area contributed by atoms with Crippen molar-refractivity contribution in [2.45, 2.75) is 0 Å². The van der Waals surface area contributed by atoms with E-state index in [0.717, 1.165) is 39.6 Å². The van der Waals surface area contributed by atoms with Crippen LogP contribution in [0.5, 0.6) is 0 Å². The summed E-state index contributed by atoms with van der Waals surface area (Å²) in [6.45, 7) is 0.